The third kappa shape index (κ3) is 3.33. The Morgan fingerprint density at radius 2 is 2.17 bits per heavy atom. The Balaban J connectivity index is 1.96. The summed E-state index contributed by atoms with van der Waals surface area (Å²) in [5.74, 6) is 0.00968. The second kappa shape index (κ2) is 5.68. The monoisotopic (exact) mass is 266 g/mol. The fraction of sp³-hybridized carbons (Fsp3) is 0.167. The van der Waals surface area contributed by atoms with Gasteiger partial charge < -0.3 is 10.1 Å². The molecule has 18 heavy (non-hydrogen) atoms. The number of aromatic hydroxyl groups is 1. The molecule has 0 unspecified atom stereocenters. The van der Waals surface area contributed by atoms with Crippen LogP contribution in [0.3, 0.4) is 0 Å². The van der Waals surface area contributed by atoms with Crippen molar-refractivity contribution >= 4 is 11.8 Å². The van der Waals surface area contributed by atoms with Crippen LogP contribution in [-0.4, -0.2) is 20.8 Å². The van der Waals surface area contributed by atoms with E-state index in [2.05, 4.69) is 9.97 Å². The first kappa shape index (κ1) is 12.6. The maximum Gasteiger partial charge on any atom is 0.255 e. The molecular formula is C12H11FN2O2S. The number of H-pyrrole nitrogens is 1. The number of thioether (sulfide) groups is 1. The molecule has 4 nitrogen and oxygen atoms in total. The molecule has 0 saturated carbocycles. The lowest BCUT2D eigenvalue weighted by Gasteiger charge is -2.02. The lowest BCUT2D eigenvalue weighted by atomic mass is 10.2. The van der Waals surface area contributed by atoms with E-state index in [1.54, 1.807) is 18.2 Å². The first-order chi connectivity index (χ1) is 8.65. The first-order valence-corrected chi connectivity index (χ1v) is 6.30. The van der Waals surface area contributed by atoms with Gasteiger partial charge in [0.15, 0.2) is 5.16 Å². The van der Waals surface area contributed by atoms with Crippen LogP contribution in [0.5, 0.6) is 5.88 Å². The summed E-state index contributed by atoms with van der Waals surface area (Å²) in [5.41, 5.74) is 0.211. The first-order valence-electron chi connectivity index (χ1n) is 5.31. The van der Waals surface area contributed by atoms with Crippen molar-refractivity contribution < 1.29 is 9.50 Å². The minimum absolute atomic E-state index is 0.240. The summed E-state index contributed by atoms with van der Waals surface area (Å²) in [4.78, 5) is 17.3. The van der Waals surface area contributed by atoms with Crippen molar-refractivity contribution in [3.63, 3.8) is 0 Å². The van der Waals surface area contributed by atoms with E-state index >= 15 is 0 Å². The van der Waals surface area contributed by atoms with Crippen molar-refractivity contribution in [2.45, 2.75) is 11.6 Å². The molecule has 0 aliphatic rings. The maximum atomic E-state index is 13.3. The molecule has 6 heteroatoms. The molecule has 0 aliphatic heterocycles. The number of aromatic amines is 1. The van der Waals surface area contributed by atoms with Gasteiger partial charge in [0.1, 0.15) is 5.82 Å². The Kier molecular flexibility index (Phi) is 3.99. The van der Waals surface area contributed by atoms with Crippen LogP contribution in [0.1, 0.15) is 5.56 Å². The Hall–Kier alpha value is -1.82. The largest absolute Gasteiger partial charge is 0.493 e. The van der Waals surface area contributed by atoms with Gasteiger partial charge in [0.25, 0.3) is 5.56 Å². The van der Waals surface area contributed by atoms with Gasteiger partial charge in [-0.1, -0.05) is 30.0 Å². The molecule has 2 rings (SSSR count). The SMILES string of the molecule is O=c1cc(O)nc(SCCc2ccccc2F)[nH]1. The lowest BCUT2D eigenvalue weighted by Crippen LogP contribution is -2.06. The van der Waals surface area contributed by atoms with Gasteiger partial charge in [-0.15, -0.1) is 0 Å². The molecule has 0 aliphatic carbocycles. The predicted octanol–water partition coefficient (Wildman–Crippen LogP) is 1.95. The molecule has 94 valence electrons. The number of aromatic nitrogens is 2. The summed E-state index contributed by atoms with van der Waals surface area (Å²) in [5, 5.41) is 9.48. The highest BCUT2D eigenvalue weighted by molar-refractivity contribution is 7.99. The molecule has 0 radical (unpaired) electrons. The van der Waals surface area contributed by atoms with Gasteiger partial charge in [-0.05, 0) is 18.1 Å². The molecule has 1 aromatic heterocycles. The van der Waals surface area contributed by atoms with E-state index in [9.17, 15) is 9.18 Å². The van der Waals surface area contributed by atoms with E-state index in [1.807, 2.05) is 0 Å². The minimum atomic E-state index is -0.407. The fourth-order valence-corrected chi connectivity index (χ4v) is 2.30. The number of halogens is 1. The molecule has 0 amide bonds. The number of hydrogen-bond donors (Lipinski definition) is 2. The summed E-state index contributed by atoms with van der Waals surface area (Å²) in [6, 6.07) is 7.54. The van der Waals surface area contributed by atoms with Crippen LogP contribution in [0.4, 0.5) is 4.39 Å². The summed E-state index contributed by atoms with van der Waals surface area (Å²) in [6.45, 7) is 0. The second-order valence-electron chi connectivity index (χ2n) is 3.60. The molecular weight excluding hydrogens is 255 g/mol. The van der Waals surface area contributed by atoms with Crippen molar-refractivity contribution in [1.29, 1.82) is 0 Å². The minimum Gasteiger partial charge on any atom is -0.493 e. The fourth-order valence-electron chi connectivity index (χ4n) is 1.45. The van der Waals surface area contributed by atoms with E-state index in [1.165, 1.54) is 17.8 Å². The van der Waals surface area contributed by atoms with Crippen molar-refractivity contribution in [2.24, 2.45) is 0 Å². The highest BCUT2D eigenvalue weighted by atomic mass is 32.2. The van der Waals surface area contributed by atoms with E-state index < -0.39 is 5.56 Å². The van der Waals surface area contributed by atoms with Gasteiger partial charge in [0.2, 0.25) is 5.88 Å². The van der Waals surface area contributed by atoms with Crippen molar-refractivity contribution in [3.8, 4) is 5.88 Å². The summed E-state index contributed by atoms with van der Waals surface area (Å²) < 4.78 is 13.3. The Morgan fingerprint density at radius 1 is 1.39 bits per heavy atom. The zero-order valence-corrected chi connectivity index (χ0v) is 10.2. The number of hydrogen-bond acceptors (Lipinski definition) is 4. The van der Waals surface area contributed by atoms with Gasteiger partial charge in [0.05, 0.1) is 6.07 Å². The quantitative estimate of drug-likeness (QED) is 0.655. The zero-order valence-electron chi connectivity index (χ0n) is 9.39. The third-order valence-corrected chi connectivity index (χ3v) is 3.15. The van der Waals surface area contributed by atoms with E-state index in [4.69, 9.17) is 5.11 Å². The summed E-state index contributed by atoms with van der Waals surface area (Å²) in [7, 11) is 0. The average Bonchev–Trinajstić information content (AvgIpc) is 2.30. The molecule has 0 fully saturated rings. The van der Waals surface area contributed by atoms with Crippen LogP contribution in [0, 0.1) is 5.82 Å². The highest BCUT2D eigenvalue weighted by Gasteiger charge is 2.03. The van der Waals surface area contributed by atoms with Gasteiger partial charge in [0, 0.05) is 5.75 Å². The molecule has 0 saturated heterocycles. The van der Waals surface area contributed by atoms with Crippen molar-refractivity contribution in [2.75, 3.05) is 5.75 Å². The molecule has 0 atom stereocenters. The zero-order chi connectivity index (χ0) is 13.0. The normalized spacial score (nSPS) is 10.5. The van der Waals surface area contributed by atoms with Crippen LogP contribution in [0.25, 0.3) is 0 Å². The Morgan fingerprint density at radius 3 is 2.89 bits per heavy atom. The van der Waals surface area contributed by atoms with Crippen molar-refractivity contribution in [3.05, 3.63) is 52.1 Å². The van der Waals surface area contributed by atoms with Crippen LogP contribution in [0.2, 0.25) is 0 Å². The van der Waals surface area contributed by atoms with Crippen LogP contribution < -0.4 is 5.56 Å². The average molecular weight is 266 g/mol. The number of aryl methyl sites for hydroxylation is 1. The molecule has 1 heterocycles. The molecule has 2 N–H and O–H groups in total. The van der Waals surface area contributed by atoms with Gasteiger partial charge >= 0.3 is 0 Å². The topological polar surface area (TPSA) is 66.0 Å². The lowest BCUT2D eigenvalue weighted by molar-refractivity contribution is 0.444. The number of rotatable bonds is 4. The van der Waals surface area contributed by atoms with Gasteiger partial charge in [-0.25, -0.2) is 4.39 Å². The second-order valence-corrected chi connectivity index (χ2v) is 4.68. The number of benzene rings is 1. The van der Waals surface area contributed by atoms with Crippen molar-refractivity contribution in [1.82, 2.24) is 9.97 Å². The molecule has 0 spiro atoms. The van der Waals surface area contributed by atoms with E-state index in [0.29, 0.717) is 22.9 Å². The standard InChI is InChI=1S/C12H11FN2O2S/c13-9-4-2-1-3-8(9)5-6-18-12-14-10(16)7-11(17)15-12/h1-4,7H,5-6H2,(H2,14,15,16,17). The van der Waals surface area contributed by atoms with E-state index in [0.717, 1.165) is 6.07 Å². The van der Waals surface area contributed by atoms with Crippen LogP contribution in [-0.2, 0) is 6.42 Å². The summed E-state index contributed by atoms with van der Waals surface area (Å²) >= 11 is 1.26. The Bertz CT molecular complexity index is 601. The number of nitrogens with zero attached hydrogens (tertiary/aromatic N) is 1. The molecule has 1 aromatic carbocycles. The third-order valence-electron chi connectivity index (χ3n) is 2.27. The van der Waals surface area contributed by atoms with Crippen LogP contribution in [0.15, 0.2) is 40.3 Å². The number of nitrogens with one attached hydrogen (secondary N) is 1. The smallest absolute Gasteiger partial charge is 0.255 e. The predicted molar refractivity (Wildman–Crippen MR) is 67.4 cm³/mol. The Labute approximate surface area is 107 Å². The maximum absolute atomic E-state index is 13.3. The summed E-state index contributed by atoms with van der Waals surface area (Å²) in [6.07, 6.45) is 0.525. The molecule has 2 aromatic rings. The van der Waals surface area contributed by atoms with Crippen LogP contribution >= 0.6 is 11.8 Å². The highest BCUT2D eigenvalue weighted by Crippen LogP contribution is 2.16. The van der Waals surface area contributed by atoms with Gasteiger partial charge in [-0.2, -0.15) is 4.98 Å². The molecule has 0 bridgehead atoms. The van der Waals surface area contributed by atoms with Gasteiger partial charge in [-0.3, -0.25) is 4.79 Å². The van der Waals surface area contributed by atoms with E-state index in [-0.39, 0.29) is 11.7 Å².